The molecule has 0 aliphatic heterocycles. The number of methoxy groups -OCH3 is 3. The van der Waals surface area contributed by atoms with Gasteiger partial charge in [-0.15, -0.1) is 0 Å². The quantitative estimate of drug-likeness (QED) is 0.607. The van der Waals surface area contributed by atoms with Crippen LogP contribution in [-0.2, 0) is 6.42 Å². The van der Waals surface area contributed by atoms with E-state index in [4.69, 9.17) is 19.9 Å². The Bertz CT molecular complexity index is 1060. The zero-order valence-corrected chi connectivity index (χ0v) is 17.7. The summed E-state index contributed by atoms with van der Waals surface area (Å²) in [7, 11) is 4.68. The zero-order chi connectivity index (χ0) is 21.7. The summed E-state index contributed by atoms with van der Waals surface area (Å²) in [6.07, 6.45) is 2.11. The summed E-state index contributed by atoms with van der Waals surface area (Å²) in [4.78, 5) is 4.47. The van der Waals surface area contributed by atoms with E-state index in [1.54, 1.807) is 33.5 Å². The highest BCUT2D eigenvalue weighted by molar-refractivity contribution is 5.87. The Morgan fingerprint density at radius 1 is 0.967 bits per heavy atom. The number of nitrogens with zero attached hydrogens (tertiary/aromatic N) is 2. The Labute approximate surface area is 176 Å². The molecule has 30 heavy (non-hydrogen) atoms. The number of rotatable bonds is 7. The smallest absolute Gasteiger partial charge is 0.142 e. The Kier molecular flexibility index (Phi) is 6.43. The highest BCUT2D eigenvalue weighted by atomic mass is 16.5. The molecule has 1 aromatic heterocycles. The van der Waals surface area contributed by atoms with Crippen LogP contribution in [0.15, 0.2) is 42.5 Å². The van der Waals surface area contributed by atoms with Gasteiger partial charge < -0.3 is 19.9 Å². The van der Waals surface area contributed by atoms with E-state index in [0.29, 0.717) is 34.1 Å². The van der Waals surface area contributed by atoms with Crippen molar-refractivity contribution in [1.82, 2.24) is 4.98 Å². The van der Waals surface area contributed by atoms with Gasteiger partial charge in [0.1, 0.15) is 34.7 Å². The van der Waals surface area contributed by atoms with Crippen molar-refractivity contribution in [3.05, 3.63) is 53.6 Å². The summed E-state index contributed by atoms with van der Waals surface area (Å²) >= 11 is 0. The second-order valence-corrected chi connectivity index (χ2v) is 6.78. The van der Waals surface area contributed by atoms with Gasteiger partial charge in [-0.3, -0.25) is 0 Å². The second kappa shape index (κ2) is 9.19. The molecule has 0 aliphatic rings. The number of nitrogens with two attached hydrogens (primary N) is 1. The number of aryl methyl sites for hydroxylation is 1. The molecular formula is C24H25N3O3. The number of hydrogen-bond donors (Lipinski definition) is 1. The third-order valence-corrected chi connectivity index (χ3v) is 4.93. The van der Waals surface area contributed by atoms with Crippen LogP contribution in [0.4, 0.5) is 5.82 Å². The highest BCUT2D eigenvalue weighted by Gasteiger charge is 2.21. The van der Waals surface area contributed by atoms with Gasteiger partial charge in [-0.2, -0.15) is 5.26 Å². The number of ether oxygens (including phenoxy) is 3. The molecule has 6 heteroatoms. The number of aromatic nitrogens is 1. The Morgan fingerprint density at radius 2 is 1.60 bits per heavy atom. The van der Waals surface area contributed by atoms with Gasteiger partial charge in [-0.05, 0) is 18.1 Å². The van der Waals surface area contributed by atoms with Crippen molar-refractivity contribution in [2.24, 2.45) is 0 Å². The van der Waals surface area contributed by atoms with E-state index in [0.717, 1.165) is 18.4 Å². The van der Waals surface area contributed by atoms with Crippen molar-refractivity contribution in [2.45, 2.75) is 19.8 Å². The van der Waals surface area contributed by atoms with Crippen molar-refractivity contribution in [2.75, 3.05) is 27.1 Å². The maximum absolute atomic E-state index is 9.77. The molecule has 2 aromatic carbocycles. The van der Waals surface area contributed by atoms with E-state index in [1.165, 1.54) is 5.56 Å². The summed E-state index contributed by atoms with van der Waals surface area (Å²) in [5, 5.41) is 9.77. The van der Waals surface area contributed by atoms with E-state index in [9.17, 15) is 5.26 Å². The topological polar surface area (TPSA) is 90.4 Å². The molecule has 2 N–H and O–H groups in total. The van der Waals surface area contributed by atoms with Gasteiger partial charge in [-0.1, -0.05) is 37.6 Å². The lowest BCUT2D eigenvalue weighted by Gasteiger charge is -2.17. The number of benzene rings is 2. The minimum atomic E-state index is 0.155. The third kappa shape index (κ3) is 4.01. The number of hydrogen-bond acceptors (Lipinski definition) is 6. The van der Waals surface area contributed by atoms with Gasteiger partial charge in [0.15, 0.2) is 0 Å². The van der Waals surface area contributed by atoms with Crippen LogP contribution in [-0.4, -0.2) is 26.3 Å². The number of nitrogen functional groups attached to an aromatic ring is 1. The van der Waals surface area contributed by atoms with Gasteiger partial charge in [-0.25, -0.2) is 4.98 Å². The van der Waals surface area contributed by atoms with Gasteiger partial charge in [0, 0.05) is 23.3 Å². The lowest BCUT2D eigenvalue weighted by Crippen LogP contribution is -2.02. The van der Waals surface area contributed by atoms with Crippen LogP contribution in [0.1, 0.15) is 24.5 Å². The molecule has 1 heterocycles. The molecule has 3 aromatic rings. The van der Waals surface area contributed by atoms with Crippen molar-refractivity contribution < 1.29 is 14.2 Å². The molecule has 0 radical (unpaired) electrons. The average molecular weight is 403 g/mol. The lowest BCUT2D eigenvalue weighted by atomic mass is 9.96. The fourth-order valence-corrected chi connectivity index (χ4v) is 3.43. The van der Waals surface area contributed by atoms with Crippen LogP contribution >= 0.6 is 0 Å². The van der Waals surface area contributed by atoms with Gasteiger partial charge in [0.25, 0.3) is 0 Å². The highest BCUT2D eigenvalue weighted by Crippen LogP contribution is 2.44. The van der Waals surface area contributed by atoms with E-state index in [2.05, 4.69) is 30.1 Å². The molecule has 0 aliphatic carbocycles. The second-order valence-electron chi connectivity index (χ2n) is 6.78. The summed E-state index contributed by atoms with van der Waals surface area (Å²) < 4.78 is 16.5. The van der Waals surface area contributed by atoms with Crippen molar-refractivity contribution in [1.29, 1.82) is 5.26 Å². The van der Waals surface area contributed by atoms with Crippen LogP contribution in [0.5, 0.6) is 17.2 Å². The molecule has 0 saturated heterocycles. The van der Waals surface area contributed by atoms with Crippen molar-refractivity contribution in [3.63, 3.8) is 0 Å². The number of pyridine rings is 1. The van der Waals surface area contributed by atoms with Crippen LogP contribution in [0.3, 0.4) is 0 Å². The van der Waals surface area contributed by atoms with E-state index in [-0.39, 0.29) is 11.4 Å². The first-order chi connectivity index (χ1) is 14.6. The first-order valence-corrected chi connectivity index (χ1v) is 9.66. The lowest BCUT2D eigenvalue weighted by molar-refractivity contribution is 0.377. The van der Waals surface area contributed by atoms with Crippen molar-refractivity contribution >= 4 is 5.82 Å². The minimum absolute atomic E-state index is 0.155. The molecule has 0 fully saturated rings. The molecule has 0 spiro atoms. The van der Waals surface area contributed by atoms with E-state index >= 15 is 0 Å². The minimum Gasteiger partial charge on any atom is -0.496 e. The van der Waals surface area contributed by atoms with Crippen LogP contribution in [0.2, 0.25) is 0 Å². The predicted molar refractivity (Wildman–Crippen MR) is 118 cm³/mol. The Balaban J connectivity index is 2.24. The molecule has 0 bridgehead atoms. The monoisotopic (exact) mass is 403 g/mol. The third-order valence-electron chi connectivity index (χ3n) is 4.93. The number of nitriles is 1. The Hall–Kier alpha value is -3.72. The van der Waals surface area contributed by atoms with Gasteiger partial charge in [0.05, 0.1) is 32.6 Å². The normalized spacial score (nSPS) is 10.4. The SMILES string of the molecule is CCCc1ccc(-c2cc(-c3c(OC)cc(OC)cc3OC)c(C#N)c(N)n2)cc1. The van der Waals surface area contributed by atoms with Crippen molar-refractivity contribution in [3.8, 4) is 45.7 Å². The number of anilines is 1. The van der Waals surface area contributed by atoms with E-state index in [1.807, 2.05) is 18.2 Å². The molecule has 0 saturated carbocycles. The van der Waals surface area contributed by atoms with Crippen LogP contribution < -0.4 is 19.9 Å². The standard InChI is InChI=1S/C24H25N3O3/c1-5-6-15-7-9-16(10-8-15)20-13-18(19(14-25)24(26)27-20)23-21(29-3)11-17(28-2)12-22(23)30-4/h7-13H,5-6H2,1-4H3,(H2,26,27). The molecule has 0 atom stereocenters. The van der Waals surface area contributed by atoms with Gasteiger partial charge in [0.2, 0.25) is 0 Å². The summed E-state index contributed by atoms with van der Waals surface area (Å²) in [5.74, 6) is 1.76. The fourth-order valence-electron chi connectivity index (χ4n) is 3.43. The first kappa shape index (κ1) is 21.0. The predicted octanol–water partition coefficient (Wildman–Crippen LogP) is 4.85. The summed E-state index contributed by atoms with van der Waals surface area (Å²) in [6.45, 7) is 2.15. The molecule has 154 valence electrons. The van der Waals surface area contributed by atoms with Gasteiger partial charge >= 0.3 is 0 Å². The molecular weight excluding hydrogens is 378 g/mol. The van der Waals surface area contributed by atoms with Crippen LogP contribution in [0.25, 0.3) is 22.4 Å². The summed E-state index contributed by atoms with van der Waals surface area (Å²) in [5.41, 5.74) is 10.5. The maximum atomic E-state index is 9.77. The Morgan fingerprint density at radius 3 is 2.10 bits per heavy atom. The summed E-state index contributed by atoms with van der Waals surface area (Å²) in [6, 6.07) is 15.7. The molecule has 6 nitrogen and oxygen atoms in total. The fraction of sp³-hybridized carbons (Fsp3) is 0.250. The molecule has 0 unspecified atom stereocenters. The van der Waals surface area contributed by atoms with E-state index < -0.39 is 0 Å². The average Bonchev–Trinajstić information content (AvgIpc) is 2.78. The zero-order valence-electron chi connectivity index (χ0n) is 17.7. The first-order valence-electron chi connectivity index (χ1n) is 9.66. The van der Waals surface area contributed by atoms with Crippen LogP contribution in [0, 0.1) is 11.3 Å². The molecule has 0 amide bonds. The largest absolute Gasteiger partial charge is 0.496 e. The molecule has 3 rings (SSSR count). The maximum Gasteiger partial charge on any atom is 0.142 e.